The molecule has 7 nitrogen and oxygen atoms in total. The third-order valence-corrected chi connectivity index (χ3v) is 4.32. The summed E-state index contributed by atoms with van der Waals surface area (Å²) in [6, 6.07) is 7.17. The Morgan fingerprint density at radius 1 is 1.27 bits per heavy atom. The van der Waals surface area contributed by atoms with Gasteiger partial charge in [-0.25, -0.2) is 9.97 Å². The SMILES string of the molecule is COc1ccc(CN(C(C)=O)c2nc(Cl)cc3c2ncn3C)c(OC)c1. The number of hydrogen-bond donors (Lipinski definition) is 0. The second kappa shape index (κ2) is 7.21. The van der Waals surface area contributed by atoms with Crippen molar-refractivity contribution in [3.05, 3.63) is 41.3 Å². The fourth-order valence-electron chi connectivity index (χ4n) is 2.76. The molecule has 0 N–H and O–H groups in total. The summed E-state index contributed by atoms with van der Waals surface area (Å²) in [5.41, 5.74) is 2.22. The van der Waals surface area contributed by atoms with Gasteiger partial charge in [-0.2, -0.15) is 0 Å². The third kappa shape index (κ3) is 3.30. The number of carbonyl (C=O) groups excluding carboxylic acids is 1. The van der Waals surface area contributed by atoms with E-state index in [0.717, 1.165) is 11.1 Å². The summed E-state index contributed by atoms with van der Waals surface area (Å²) in [4.78, 5) is 22.6. The minimum Gasteiger partial charge on any atom is -0.497 e. The Balaban J connectivity index is 2.08. The zero-order valence-corrected chi connectivity index (χ0v) is 15.7. The molecule has 0 aliphatic rings. The lowest BCUT2D eigenvalue weighted by atomic mass is 10.1. The van der Waals surface area contributed by atoms with E-state index in [1.54, 1.807) is 32.7 Å². The van der Waals surface area contributed by atoms with Crippen molar-refractivity contribution in [2.45, 2.75) is 13.5 Å². The second-order valence-electron chi connectivity index (χ2n) is 5.77. The van der Waals surface area contributed by atoms with Gasteiger partial charge >= 0.3 is 0 Å². The Kier molecular flexibility index (Phi) is 4.99. The average molecular weight is 375 g/mol. The standard InChI is InChI=1S/C18H19ClN4O3/c1-11(24)23(9-12-5-6-13(25-3)7-15(12)26-4)18-17-14(8-16(19)21-18)22(2)10-20-17/h5-8,10H,9H2,1-4H3. The number of imidazole rings is 1. The molecule has 0 atom stereocenters. The molecule has 0 saturated carbocycles. The number of amides is 1. The number of aromatic nitrogens is 3. The number of anilines is 1. The highest BCUT2D eigenvalue weighted by Crippen LogP contribution is 2.31. The molecule has 0 radical (unpaired) electrons. The lowest BCUT2D eigenvalue weighted by Gasteiger charge is -2.22. The van der Waals surface area contributed by atoms with Crippen molar-refractivity contribution in [3.8, 4) is 11.5 Å². The van der Waals surface area contributed by atoms with Crippen molar-refractivity contribution < 1.29 is 14.3 Å². The number of hydrogen-bond acceptors (Lipinski definition) is 5. The number of carbonyl (C=O) groups is 1. The van der Waals surface area contributed by atoms with Crippen LogP contribution < -0.4 is 14.4 Å². The van der Waals surface area contributed by atoms with Gasteiger partial charge in [-0.15, -0.1) is 0 Å². The first-order valence-corrected chi connectivity index (χ1v) is 8.29. The minimum atomic E-state index is -0.176. The Morgan fingerprint density at radius 3 is 2.69 bits per heavy atom. The molecule has 0 unspecified atom stereocenters. The maximum absolute atomic E-state index is 12.4. The summed E-state index contributed by atoms with van der Waals surface area (Å²) < 4.78 is 12.5. The number of fused-ring (bicyclic) bond motifs is 1. The molecule has 0 aliphatic heterocycles. The smallest absolute Gasteiger partial charge is 0.225 e. The molecule has 0 spiro atoms. The summed E-state index contributed by atoms with van der Waals surface area (Å²) in [6.07, 6.45) is 1.67. The highest BCUT2D eigenvalue weighted by molar-refractivity contribution is 6.30. The first-order chi connectivity index (χ1) is 12.4. The summed E-state index contributed by atoms with van der Waals surface area (Å²) in [7, 11) is 5.02. The predicted octanol–water partition coefficient (Wildman–Crippen LogP) is 3.19. The summed E-state index contributed by atoms with van der Waals surface area (Å²) in [6.45, 7) is 1.74. The van der Waals surface area contributed by atoms with Crippen LogP contribution in [0.25, 0.3) is 11.0 Å². The van der Waals surface area contributed by atoms with Gasteiger partial charge in [0.25, 0.3) is 0 Å². The molecule has 136 valence electrons. The summed E-state index contributed by atoms with van der Waals surface area (Å²) in [5, 5.41) is 0.295. The molecule has 3 rings (SSSR count). The van der Waals surface area contributed by atoms with E-state index < -0.39 is 0 Å². The number of nitrogens with zero attached hydrogens (tertiary/aromatic N) is 4. The van der Waals surface area contributed by atoms with Crippen molar-refractivity contribution in [2.75, 3.05) is 19.1 Å². The van der Waals surface area contributed by atoms with Crippen LogP contribution in [-0.2, 0) is 18.4 Å². The fourth-order valence-corrected chi connectivity index (χ4v) is 2.94. The van der Waals surface area contributed by atoms with Crippen molar-refractivity contribution in [1.82, 2.24) is 14.5 Å². The van der Waals surface area contributed by atoms with Gasteiger partial charge < -0.3 is 14.0 Å². The normalized spacial score (nSPS) is 10.8. The number of aryl methyl sites for hydroxylation is 1. The third-order valence-electron chi connectivity index (χ3n) is 4.12. The summed E-state index contributed by atoms with van der Waals surface area (Å²) in [5.74, 6) is 1.53. The fraction of sp³-hybridized carbons (Fsp3) is 0.278. The Labute approximate surface area is 156 Å². The number of halogens is 1. The van der Waals surface area contributed by atoms with E-state index in [-0.39, 0.29) is 12.5 Å². The molecule has 0 saturated heterocycles. The monoisotopic (exact) mass is 374 g/mol. The molecule has 1 amide bonds. The molecular weight excluding hydrogens is 356 g/mol. The van der Waals surface area contributed by atoms with Crippen LogP contribution in [0.2, 0.25) is 5.15 Å². The van der Waals surface area contributed by atoms with E-state index in [2.05, 4.69) is 9.97 Å². The minimum absolute atomic E-state index is 0.176. The largest absolute Gasteiger partial charge is 0.497 e. The van der Waals surface area contributed by atoms with Gasteiger partial charge in [0.2, 0.25) is 5.91 Å². The molecule has 2 aromatic heterocycles. The zero-order chi connectivity index (χ0) is 18.8. The number of benzene rings is 1. The Morgan fingerprint density at radius 2 is 2.04 bits per heavy atom. The molecule has 3 aromatic rings. The second-order valence-corrected chi connectivity index (χ2v) is 6.16. The topological polar surface area (TPSA) is 69.5 Å². The summed E-state index contributed by atoms with van der Waals surface area (Å²) >= 11 is 6.17. The Hall–Kier alpha value is -2.80. The van der Waals surface area contributed by atoms with E-state index in [4.69, 9.17) is 21.1 Å². The maximum Gasteiger partial charge on any atom is 0.225 e. The molecule has 0 aliphatic carbocycles. The van der Waals surface area contributed by atoms with Crippen LogP contribution in [0, 0.1) is 0 Å². The number of rotatable bonds is 5. The van der Waals surface area contributed by atoms with Crippen LogP contribution in [0.15, 0.2) is 30.6 Å². The molecule has 0 bridgehead atoms. The zero-order valence-electron chi connectivity index (χ0n) is 15.0. The van der Waals surface area contributed by atoms with E-state index >= 15 is 0 Å². The van der Waals surface area contributed by atoms with Gasteiger partial charge in [0.1, 0.15) is 22.2 Å². The van der Waals surface area contributed by atoms with Crippen LogP contribution in [0.1, 0.15) is 12.5 Å². The molecule has 0 fully saturated rings. The van der Waals surface area contributed by atoms with Gasteiger partial charge in [0, 0.05) is 31.7 Å². The van der Waals surface area contributed by atoms with E-state index in [1.165, 1.54) is 11.8 Å². The highest BCUT2D eigenvalue weighted by atomic mass is 35.5. The van der Waals surface area contributed by atoms with Crippen molar-refractivity contribution >= 4 is 34.4 Å². The molecule has 8 heteroatoms. The van der Waals surface area contributed by atoms with Crippen LogP contribution >= 0.6 is 11.6 Å². The van der Waals surface area contributed by atoms with Crippen LogP contribution in [0.4, 0.5) is 5.82 Å². The average Bonchev–Trinajstić information content (AvgIpc) is 2.99. The van der Waals surface area contributed by atoms with E-state index in [9.17, 15) is 4.79 Å². The molecule has 2 heterocycles. The highest BCUT2D eigenvalue weighted by Gasteiger charge is 2.21. The first-order valence-electron chi connectivity index (χ1n) is 7.91. The van der Waals surface area contributed by atoms with Crippen molar-refractivity contribution in [3.63, 3.8) is 0 Å². The molecular formula is C18H19ClN4O3. The van der Waals surface area contributed by atoms with Crippen LogP contribution in [0.5, 0.6) is 11.5 Å². The lowest BCUT2D eigenvalue weighted by molar-refractivity contribution is -0.116. The van der Waals surface area contributed by atoms with Crippen LogP contribution in [-0.4, -0.2) is 34.7 Å². The van der Waals surface area contributed by atoms with Gasteiger partial charge in [-0.1, -0.05) is 11.6 Å². The van der Waals surface area contributed by atoms with Gasteiger partial charge in [0.15, 0.2) is 5.82 Å². The molecule has 26 heavy (non-hydrogen) atoms. The maximum atomic E-state index is 12.4. The van der Waals surface area contributed by atoms with Crippen molar-refractivity contribution in [2.24, 2.45) is 7.05 Å². The Bertz CT molecular complexity index is 970. The van der Waals surface area contributed by atoms with E-state index in [0.29, 0.717) is 28.0 Å². The quantitative estimate of drug-likeness (QED) is 0.641. The lowest BCUT2D eigenvalue weighted by Crippen LogP contribution is -2.29. The van der Waals surface area contributed by atoms with Crippen LogP contribution in [0.3, 0.4) is 0 Å². The van der Waals surface area contributed by atoms with Gasteiger partial charge in [0.05, 0.1) is 32.6 Å². The number of ether oxygens (including phenoxy) is 2. The molecule has 1 aromatic carbocycles. The number of pyridine rings is 1. The van der Waals surface area contributed by atoms with E-state index in [1.807, 2.05) is 23.7 Å². The first kappa shape index (κ1) is 18.0. The van der Waals surface area contributed by atoms with Gasteiger partial charge in [-0.3, -0.25) is 9.69 Å². The van der Waals surface area contributed by atoms with Crippen molar-refractivity contribution in [1.29, 1.82) is 0 Å². The predicted molar refractivity (Wildman–Crippen MR) is 99.9 cm³/mol. The van der Waals surface area contributed by atoms with Gasteiger partial charge in [-0.05, 0) is 12.1 Å². The number of methoxy groups -OCH3 is 2.